The summed E-state index contributed by atoms with van der Waals surface area (Å²) in [5, 5.41) is 22.2. The quantitative estimate of drug-likeness (QED) is 0.0994. The van der Waals surface area contributed by atoms with Crippen LogP contribution in [0, 0.1) is 22.7 Å². The Balaban J connectivity index is 1.25. The molecule has 0 fully saturated rings. The molecule has 0 N–H and O–H groups in total. The summed E-state index contributed by atoms with van der Waals surface area (Å²) in [5.74, 6) is -1.68. The predicted molar refractivity (Wildman–Crippen MR) is 201 cm³/mol. The van der Waals surface area contributed by atoms with Crippen LogP contribution in [0.2, 0.25) is 20.1 Å². The zero-order valence-corrected chi connectivity index (χ0v) is 30.2. The second-order valence-corrected chi connectivity index (χ2v) is 14.8. The van der Waals surface area contributed by atoms with E-state index in [-0.39, 0.29) is 37.0 Å². The van der Waals surface area contributed by atoms with Crippen LogP contribution in [0.1, 0.15) is 60.7 Å². The molecule has 0 aliphatic carbocycles. The fourth-order valence-electron chi connectivity index (χ4n) is 7.07. The molecule has 52 heavy (non-hydrogen) atoms. The van der Waals surface area contributed by atoms with Crippen LogP contribution in [0.25, 0.3) is 21.1 Å². The molecule has 4 heterocycles. The zero-order chi connectivity index (χ0) is 35.9. The lowest BCUT2D eigenvalue weighted by molar-refractivity contribution is 0.0224. The van der Waals surface area contributed by atoms with Crippen LogP contribution in [0.15, 0.2) is 97.1 Å². The molecule has 250 valence electrons. The van der Waals surface area contributed by atoms with Crippen molar-refractivity contribution in [3.8, 4) is 23.6 Å². The van der Waals surface area contributed by atoms with Crippen LogP contribution in [0.5, 0.6) is 11.5 Å². The number of ether oxygens (including phenoxy) is 2. The molecule has 0 amide bonds. The minimum absolute atomic E-state index is 0.0106. The first-order valence-electron chi connectivity index (χ1n) is 15.8. The Morgan fingerprint density at radius 3 is 2.02 bits per heavy atom. The Labute approximate surface area is 320 Å². The van der Waals surface area contributed by atoms with Crippen LogP contribution < -0.4 is 4.74 Å². The van der Waals surface area contributed by atoms with Crippen molar-refractivity contribution < 1.29 is 14.3 Å². The van der Waals surface area contributed by atoms with Crippen molar-refractivity contribution in [2.75, 3.05) is 0 Å². The molecule has 0 bridgehead atoms. The summed E-state index contributed by atoms with van der Waals surface area (Å²) in [6.07, 6.45) is 0. The van der Waals surface area contributed by atoms with Crippen molar-refractivity contribution in [3.05, 3.63) is 161 Å². The number of halogens is 4. The van der Waals surface area contributed by atoms with Gasteiger partial charge in [-0.2, -0.15) is 10.5 Å². The Morgan fingerprint density at radius 1 is 0.692 bits per heavy atom. The summed E-state index contributed by atoms with van der Waals surface area (Å²) < 4.78 is 13.9. The van der Waals surface area contributed by atoms with Crippen molar-refractivity contribution in [3.63, 3.8) is 0 Å². The first-order valence-corrected chi connectivity index (χ1v) is 18.1. The highest BCUT2D eigenvalue weighted by Crippen LogP contribution is 2.61. The molecule has 9 rings (SSSR count). The van der Waals surface area contributed by atoms with Gasteiger partial charge in [-0.3, -0.25) is 4.98 Å². The van der Waals surface area contributed by atoms with Gasteiger partial charge in [0.2, 0.25) is 0 Å². The standard InChI is InChI=1S/C40H18Cl4N4O3S/c41-34-32-33(35(42)37(44)36(34)43)40(51-39(32)49)24-12-9-20(22(17-45)27-14-11-19-5-1-2-6-26(19)47-27)15-29(24)50-30-16-21(10-13-25(30)40)23(18-46)38-48-28-7-3-4-8-31(28)52-38/h1-16,22-23H. The van der Waals surface area contributed by atoms with E-state index in [1.165, 1.54) is 11.3 Å². The van der Waals surface area contributed by atoms with E-state index >= 15 is 0 Å². The van der Waals surface area contributed by atoms with Crippen LogP contribution in [-0.4, -0.2) is 15.9 Å². The Hall–Kier alpha value is -5.19. The van der Waals surface area contributed by atoms with Gasteiger partial charge in [0.25, 0.3) is 0 Å². The van der Waals surface area contributed by atoms with E-state index in [0.29, 0.717) is 38.7 Å². The minimum Gasteiger partial charge on any atom is -0.456 e. The molecule has 12 heteroatoms. The molecule has 0 saturated heterocycles. The van der Waals surface area contributed by atoms with E-state index in [0.717, 1.165) is 21.1 Å². The van der Waals surface area contributed by atoms with Crippen molar-refractivity contribution in [2.45, 2.75) is 17.4 Å². The molecule has 7 nitrogen and oxygen atoms in total. The number of rotatable bonds is 4. The third-order valence-corrected chi connectivity index (χ3v) is 12.4. The fraction of sp³-hybridized carbons (Fsp3) is 0.0750. The number of nitriles is 2. The normalized spacial score (nSPS) is 16.7. The summed E-state index contributed by atoms with van der Waals surface area (Å²) in [7, 11) is 0. The Kier molecular flexibility index (Phi) is 7.68. The maximum absolute atomic E-state index is 13.8. The van der Waals surface area contributed by atoms with Gasteiger partial charge in [-0.1, -0.05) is 107 Å². The number of thiazole rings is 1. The molecule has 2 aromatic heterocycles. The molecule has 5 aromatic carbocycles. The lowest BCUT2D eigenvalue weighted by atomic mass is 9.76. The molecular weight excluding hydrogens is 758 g/mol. The third-order valence-electron chi connectivity index (χ3n) is 9.46. The number of esters is 1. The number of carbonyl (C=O) groups is 1. The van der Waals surface area contributed by atoms with Gasteiger partial charge in [0, 0.05) is 22.1 Å². The summed E-state index contributed by atoms with van der Waals surface area (Å²) in [5.41, 5.74) is 2.65. The summed E-state index contributed by atoms with van der Waals surface area (Å²) >= 11 is 28.1. The van der Waals surface area contributed by atoms with Gasteiger partial charge in [0.05, 0.1) is 59.2 Å². The highest BCUT2D eigenvalue weighted by molar-refractivity contribution is 7.18. The number of fused-ring (bicyclic) bond motifs is 8. The molecule has 2 aliphatic heterocycles. The Morgan fingerprint density at radius 2 is 1.33 bits per heavy atom. The number of aromatic nitrogens is 2. The first kappa shape index (κ1) is 32.7. The van der Waals surface area contributed by atoms with Gasteiger partial charge in [-0.15, -0.1) is 11.3 Å². The number of benzene rings is 5. The highest BCUT2D eigenvalue weighted by atomic mass is 35.5. The molecule has 3 atom stereocenters. The lowest BCUT2D eigenvalue weighted by Crippen LogP contribution is -2.33. The number of pyridine rings is 1. The highest BCUT2D eigenvalue weighted by Gasteiger charge is 2.56. The molecular formula is C40H18Cl4N4O3S. The van der Waals surface area contributed by atoms with Crippen LogP contribution in [0.3, 0.4) is 0 Å². The maximum atomic E-state index is 13.8. The van der Waals surface area contributed by atoms with E-state index < -0.39 is 23.4 Å². The van der Waals surface area contributed by atoms with Crippen LogP contribution >= 0.6 is 57.7 Å². The van der Waals surface area contributed by atoms with E-state index in [1.54, 1.807) is 36.4 Å². The monoisotopic (exact) mass is 774 g/mol. The van der Waals surface area contributed by atoms with E-state index in [1.807, 2.05) is 60.7 Å². The predicted octanol–water partition coefficient (Wildman–Crippen LogP) is 11.3. The van der Waals surface area contributed by atoms with Crippen LogP contribution in [0.4, 0.5) is 0 Å². The summed E-state index contributed by atoms with van der Waals surface area (Å²) in [4.78, 5) is 23.3. The Bertz CT molecular complexity index is 2760. The van der Waals surface area contributed by atoms with Gasteiger partial charge in [-0.05, 0) is 47.5 Å². The third kappa shape index (κ3) is 4.73. The molecule has 0 radical (unpaired) electrons. The van der Waals surface area contributed by atoms with Gasteiger partial charge in [0.1, 0.15) is 28.3 Å². The molecule has 0 saturated carbocycles. The minimum atomic E-state index is -1.68. The van der Waals surface area contributed by atoms with Gasteiger partial charge < -0.3 is 9.47 Å². The number of carbonyl (C=O) groups excluding carboxylic acids is 1. The number of nitrogens with zero attached hydrogens (tertiary/aromatic N) is 4. The van der Waals surface area contributed by atoms with Crippen molar-refractivity contribution in [2.24, 2.45) is 0 Å². The van der Waals surface area contributed by atoms with E-state index in [2.05, 4.69) is 12.1 Å². The van der Waals surface area contributed by atoms with Gasteiger partial charge in [0.15, 0.2) is 5.60 Å². The lowest BCUT2D eigenvalue weighted by Gasteiger charge is -2.37. The smallest absolute Gasteiger partial charge is 0.341 e. The average Bonchev–Trinajstić information content (AvgIpc) is 3.72. The second kappa shape index (κ2) is 12.2. The van der Waals surface area contributed by atoms with Crippen LogP contribution in [-0.2, 0) is 10.3 Å². The maximum Gasteiger partial charge on any atom is 0.341 e. The number of para-hydroxylation sites is 2. The van der Waals surface area contributed by atoms with E-state index in [9.17, 15) is 15.3 Å². The van der Waals surface area contributed by atoms with Crippen molar-refractivity contribution in [1.82, 2.24) is 9.97 Å². The van der Waals surface area contributed by atoms with Gasteiger partial charge in [-0.25, -0.2) is 9.78 Å². The zero-order valence-electron chi connectivity index (χ0n) is 26.3. The summed E-state index contributed by atoms with van der Waals surface area (Å²) in [6.45, 7) is 0. The molecule has 2 aliphatic rings. The number of hydrogen-bond acceptors (Lipinski definition) is 8. The first-order chi connectivity index (χ1) is 25.2. The summed E-state index contributed by atoms with van der Waals surface area (Å²) in [6, 6.07) is 34.4. The SMILES string of the molecule is N#CC(c1ccc2c(c1)Oc1cc(C(C#N)c3nc4ccccc4s3)ccc1C21OC(=O)c2c(Cl)c(Cl)c(Cl)c(Cl)c21)c1ccc2ccccc2n1. The van der Waals surface area contributed by atoms with E-state index in [4.69, 9.17) is 65.8 Å². The fourth-order valence-corrected chi connectivity index (χ4v) is 9.17. The average molecular weight is 776 g/mol. The molecule has 3 unspecified atom stereocenters. The topological polar surface area (TPSA) is 109 Å². The molecule has 7 aromatic rings. The second-order valence-electron chi connectivity index (χ2n) is 12.3. The largest absolute Gasteiger partial charge is 0.456 e. The van der Waals surface area contributed by atoms with Crippen molar-refractivity contribution in [1.29, 1.82) is 10.5 Å². The molecule has 1 spiro atoms. The van der Waals surface area contributed by atoms with Crippen molar-refractivity contribution >= 4 is 84.8 Å². The van der Waals surface area contributed by atoms with Gasteiger partial charge >= 0.3 is 5.97 Å². The number of hydrogen-bond donors (Lipinski definition) is 0.